The summed E-state index contributed by atoms with van der Waals surface area (Å²) in [7, 11) is 0. The molecule has 0 heterocycles. The van der Waals surface area contributed by atoms with Crippen LogP contribution in [0.1, 0.15) is 101 Å². The lowest BCUT2D eigenvalue weighted by Gasteiger charge is -2.11. The van der Waals surface area contributed by atoms with Gasteiger partial charge in [-0.1, -0.05) is 25.7 Å². The monoisotopic (exact) mass is 744 g/mol. The van der Waals surface area contributed by atoms with Gasteiger partial charge in [0.25, 0.3) is 0 Å². The molecule has 0 aliphatic rings. The van der Waals surface area contributed by atoms with Gasteiger partial charge in [-0.05, 0) is 76.9 Å². The molecule has 0 bridgehead atoms. The van der Waals surface area contributed by atoms with Crippen LogP contribution in [-0.4, -0.2) is 58.5 Å². The number of nitrogens with zero attached hydrogens (tertiary/aromatic N) is 8. The zero-order chi connectivity index (χ0) is 40.2. The number of unbranched alkanes of at least 4 members (excludes halogenated alkanes) is 5. The van der Waals surface area contributed by atoms with Crippen molar-refractivity contribution in [2.24, 2.45) is 86.7 Å². The molecule has 2 aromatic rings. The predicted molar refractivity (Wildman–Crippen MR) is 219 cm³/mol. The van der Waals surface area contributed by atoms with E-state index in [1.54, 1.807) is 64.1 Å². The summed E-state index contributed by atoms with van der Waals surface area (Å²) < 4.78 is 0. The molecule has 0 fully saturated rings. The zero-order valence-corrected chi connectivity index (χ0v) is 31.1. The summed E-state index contributed by atoms with van der Waals surface area (Å²) >= 11 is 0. The van der Waals surface area contributed by atoms with E-state index >= 15 is 0 Å². The number of hydrogen-bond donors (Lipinski definition) is 10. The minimum absolute atomic E-state index is 0.143. The highest BCUT2D eigenvalue weighted by Crippen LogP contribution is 2.20. The first kappa shape index (κ1) is 43.3. The molecule has 0 aromatic heterocycles. The number of guanidine groups is 4. The molecule has 0 saturated heterocycles. The number of nitrogens with two attached hydrogens (primary N) is 8. The first-order valence-corrected chi connectivity index (χ1v) is 17.0. The number of hydrogen-bond acceptors (Lipinski definition) is 10. The standard InChI is InChI=1S/C34H52N18O2/c1-19(45-49-31(35)36)23-13-24(20(2)46-50-32(37)38)16-27(15-23)43-29(53)11-9-7-5-6-8-10-12-30(54)44-28-17-25(21(3)47-51-33(39)40)14-26(18-28)22(4)48-52-34(41)42/h13-18H,5-12H2,1-4H3,(H,43,53)(H,44,54)(H4,35,36,49)(H4,37,38,50)(H4,39,40,51)(H4,41,42,52)/b45-19-,46-20-,47-21-,48-22+. The first-order valence-electron chi connectivity index (χ1n) is 17.0. The summed E-state index contributed by atoms with van der Waals surface area (Å²) in [6.07, 6.45) is 5.62. The molecule has 20 nitrogen and oxygen atoms in total. The molecule has 0 atom stereocenters. The molecule has 0 spiro atoms. The van der Waals surface area contributed by atoms with E-state index in [9.17, 15) is 9.59 Å². The highest BCUT2D eigenvalue weighted by Gasteiger charge is 2.12. The van der Waals surface area contributed by atoms with Crippen molar-refractivity contribution in [3.05, 3.63) is 58.7 Å². The number of anilines is 2. The number of carbonyl (C=O) groups is 2. The number of amides is 2. The van der Waals surface area contributed by atoms with E-state index in [-0.39, 0.29) is 35.7 Å². The van der Waals surface area contributed by atoms with Gasteiger partial charge in [0.15, 0.2) is 0 Å². The van der Waals surface area contributed by atoms with E-state index in [0.29, 0.717) is 82.2 Å². The van der Waals surface area contributed by atoms with Crippen LogP contribution in [-0.2, 0) is 9.59 Å². The highest BCUT2D eigenvalue weighted by atomic mass is 16.2. The SMILES string of the molecule is C/C(=N/N=C(N)N)c1cc(NC(=O)CCCCCCCCC(=O)Nc2cc(/C(C)=N\N=C(N)N)cc(/C(C)=N/N=C(N)N)c2)cc(/C(C)=N\N=C(N)N)c1. The van der Waals surface area contributed by atoms with Gasteiger partial charge in [-0.2, -0.15) is 20.4 Å². The second-order valence-corrected chi connectivity index (χ2v) is 12.2. The van der Waals surface area contributed by atoms with Crippen LogP contribution in [0.4, 0.5) is 11.4 Å². The van der Waals surface area contributed by atoms with Crippen LogP contribution in [0.3, 0.4) is 0 Å². The Bertz CT molecular complexity index is 1630. The maximum Gasteiger partial charge on any atom is 0.224 e. The van der Waals surface area contributed by atoms with Gasteiger partial charge in [0.05, 0.1) is 22.8 Å². The smallest absolute Gasteiger partial charge is 0.224 e. The molecular weight excluding hydrogens is 692 g/mol. The second-order valence-electron chi connectivity index (χ2n) is 12.2. The molecule has 0 saturated carbocycles. The maximum atomic E-state index is 12.8. The molecule has 54 heavy (non-hydrogen) atoms. The third kappa shape index (κ3) is 16.9. The van der Waals surface area contributed by atoms with Gasteiger partial charge in [0.1, 0.15) is 0 Å². The van der Waals surface area contributed by atoms with E-state index in [1.807, 2.05) is 0 Å². The van der Waals surface area contributed by atoms with Gasteiger partial charge in [0.2, 0.25) is 35.7 Å². The Morgan fingerprint density at radius 2 is 0.648 bits per heavy atom. The third-order valence-corrected chi connectivity index (χ3v) is 7.42. The molecule has 0 radical (unpaired) electrons. The van der Waals surface area contributed by atoms with Crippen LogP contribution in [0.25, 0.3) is 0 Å². The van der Waals surface area contributed by atoms with Crippen LogP contribution in [0.5, 0.6) is 0 Å². The average molecular weight is 745 g/mol. The largest absolute Gasteiger partial charge is 0.369 e. The number of nitrogens with one attached hydrogen (secondary N) is 2. The van der Waals surface area contributed by atoms with Crippen molar-refractivity contribution in [3.63, 3.8) is 0 Å². The molecule has 20 heteroatoms. The summed E-state index contributed by atoms with van der Waals surface area (Å²) in [5, 5.41) is 36.8. The number of carbonyl (C=O) groups excluding carboxylic acids is 2. The van der Waals surface area contributed by atoms with Crippen molar-refractivity contribution in [2.75, 3.05) is 10.6 Å². The Morgan fingerprint density at radius 1 is 0.407 bits per heavy atom. The van der Waals surface area contributed by atoms with Gasteiger partial charge in [-0.25, -0.2) is 0 Å². The van der Waals surface area contributed by atoms with Gasteiger partial charge in [-0.15, -0.1) is 20.4 Å². The van der Waals surface area contributed by atoms with Gasteiger partial charge in [0, 0.05) is 46.5 Å². The van der Waals surface area contributed by atoms with Crippen LogP contribution in [0, 0.1) is 0 Å². The fourth-order valence-corrected chi connectivity index (χ4v) is 4.72. The van der Waals surface area contributed by atoms with Crippen LogP contribution in [0.15, 0.2) is 77.2 Å². The third-order valence-electron chi connectivity index (χ3n) is 7.42. The molecule has 0 unspecified atom stereocenters. The Hall–Kier alpha value is -6.86. The van der Waals surface area contributed by atoms with Crippen LogP contribution >= 0.6 is 0 Å². The fraction of sp³-hybridized carbons (Fsp3) is 0.353. The van der Waals surface area contributed by atoms with Crippen molar-refractivity contribution in [1.82, 2.24) is 0 Å². The summed E-state index contributed by atoms with van der Waals surface area (Å²) in [4.78, 5) is 25.7. The van der Waals surface area contributed by atoms with E-state index in [2.05, 4.69) is 51.4 Å². The summed E-state index contributed by atoms with van der Waals surface area (Å²) in [6.45, 7) is 6.92. The van der Waals surface area contributed by atoms with Crippen molar-refractivity contribution >= 4 is 69.9 Å². The molecular formula is C34H52N18O2. The minimum Gasteiger partial charge on any atom is -0.369 e. The van der Waals surface area contributed by atoms with E-state index < -0.39 is 0 Å². The van der Waals surface area contributed by atoms with Gasteiger partial charge in [-0.3, -0.25) is 9.59 Å². The van der Waals surface area contributed by atoms with E-state index in [4.69, 9.17) is 45.9 Å². The molecule has 0 aliphatic heterocycles. The lowest BCUT2D eigenvalue weighted by atomic mass is 10.0. The molecule has 2 aromatic carbocycles. The highest BCUT2D eigenvalue weighted by molar-refractivity contribution is 6.07. The zero-order valence-electron chi connectivity index (χ0n) is 31.1. The molecule has 2 rings (SSSR count). The van der Waals surface area contributed by atoms with Crippen molar-refractivity contribution < 1.29 is 9.59 Å². The van der Waals surface area contributed by atoms with Crippen LogP contribution in [0.2, 0.25) is 0 Å². The Balaban J connectivity index is 1.91. The minimum atomic E-state index is -0.185. The number of rotatable bonds is 19. The quantitative estimate of drug-likeness (QED) is 0.0426. The Labute approximate surface area is 314 Å². The van der Waals surface area contributed by atoms with E-state index in [1.165, 1.54) is 0 Å². The Kier molecular flexibility index (Phi) is 17.8. The molecule has 2 amide bonds. The lowest BCUT2D eigenvalue weighted by molar-refractivity contribution is -0.117. The van der Waals surface area contributed by atoms with E-state index in [0.717, 1.165) is 25.7 Å². The predicted octanol–water partition coefficient (Wildman–Crippen LogP) is 1.37. The first-order chi connectivity index (χ1) is 25.5. The normalized spacial score (nSPS) is 12.0. The molecule has 0 aliphatic carbocycles. The summed E-state index contributed by atoms with van der Waals surface area (Å²) in [5.41, 5.74) is 49.0. The van der Waals surface area contributed by atoms with Gasteiger partial charge >= 0.3 is 0 Å². The van der Waals surface area contributed by atoms with Gasteiger partial charge < -0.3 is 56.5 Å². The molecule has 290 valence electrons. The Morgan fingerprint density at radius 3 is 0.889 bits per heavy atom. The maximum absolute atomic E-state index is 12.8. The average Bonchev–Trinajstić information content (AvgIpc) is 3.11. The van der Waals surface area contributed by atoms with Crippen molar-refractivity contribution in [2.45, 2.75) is 79.1 Å². The lowest BCUT2D eigenvalue weighted by Crippen LogP contribution is -2.22. The topological polar surface area (TPSA) is 365 Å². The molecule has 18 N–H and O–H groups in total. The van der Waals surface area contributed by atoms with Crippen LogP contribution < -0.4 is 56.5 Å². The van der Waals surface area contributed by atoms with Crippen molar-refractivity contribution in [3.8, 4) is 0 Å². The second kappa shape index (κ2) is 22.2. The van der Waals surface area contributed by atoms with Crippen molar-refractivity contribution in [1.29, 1.82) is 0 Å². The summed E-state index contributed by atoms with van der Waals surface area (Å²) in [5.74, 6) is -1.03. The summed E-state index contributed by atoms with van der Waals surface area (Å²) in [6, 6.07) is 10.7. The number of benzene rings is 2. The fourth-order valence-electron chi connectivity index (χ4n) is 4.72.